The number of ether oxygens (including phenoxy) is 1. The van der Waals surface area contributed by atoms with Gasteiger partial charge in [-0.25, -0.2) is 9.97 Å². The maximum atomic E-state index is 12.7. The van der Waals surface area contributed by atoms with E-state index in [1.54, 1.807) is 0 Å². The van der Waals surface area contributed by atoms with Gasteiger partial charge in [0, 0.05) is 13.1 Å². The van der Waals surface area contributed by atoms with Crippen LogP contribution < -0.4 is 10.2 Å². The predicted molar refractivity (Wildman–Crippen MR) is 88.8 cm³/mol. The summed E-state index contributed by atoms with van der Waals surface area (Å²) in [6.45, 7) is 2.61. The van der Waals surface area contributed by atoms with Crippen LogP contribution in [0.2, 0.25) is 0 Å². The van der Waals surface area contributed by atoms with Crippen LogP contribution in [-0.4, -0.2) is 42.2 Å². The van der Waals surface area contributed by atoms with Crippen LogP contribution in [0.5, 0.6) is 0 Å². The Morgan fingerprint density at radius 3 is 2.54 bits per heavy atom. The Balaban J connectivity index is 1.59. The fraction of sp³-hybridized carbons (Fsp3) is 0.353. The van der Waals surface area contributed by atoms with E-state index >= 15 is 0 Å². The molecule has 0 radical (unpaired) electrons. The van der Waals surface area contributed by atoms with E-state index in [0.717, 1.165) is 12.1 Å². The number of nitrogens with one attached hydrogen (secondary N) is 1. The van der Waals surface area contributed by atoms with Gasteiger partial charge in [-0.1, -0.05) is 18.2 Å². The first-order valence-corrected chi connectivity index (χ1v) is 8.02. The lowest BCUT2D eigenvalue weighted by atomic mass is 10.1. The first-order chi connectivity index (χ1) is 12.4. The number of nitrogens with zero attached hydrogens (tertiary/aromatic N) is 3. The highest BCUT2D eigenvalue weighted by atomic mass is 19.4. The van der Waals surface area contributed by atoms with Crippen molar-refractivity contribution in [2.24, 2.45) is 0 Å². The van der Waals surface area contributed by atoms with Crippen LogP contribution in [0, 0.1) is 0 Å². The minimum atomic E-state index is -4.43. The summed E-state index contributed by atoms with van der Waals surface area (Å²) in [5.41, 5.74) is -0.108. The first kappa shape index (κ1) is 18.1. The summed E-state index contributed by atoms with van der Waals surface area (Å²) in [6, 6.07) is 4.70. The van der Waals surface area contributed by atoms with Gasteiger partial charge in [0.15, 0.2) is 0 Å². The average Bonchev–Trinajstić information content (AvgIpc) is 2.62. The van der Waals surface area contributed by atoms with Crippen molar-refractivity contribution in [3.63, 3.8) is 0 Å². The van der Waals surface area contributed by atoms with E-state index in [9.17, 15) is 18.0 Å². The van der Waals surface area contributed by atoms with Crippen LogP contribution in [0.1, 0.15) is 11.1 Å². The van der Waals surface area contributed by atoms with Crippen molar-refractivity contribution >= 4 is 17.5 Å². The van der Waals surface area contributed by atoms with Crippen molar-refractivity contribution in [3.8, 4) is 0 Å². The van der Waals surface area contributed by atoms with Gasteiger partial charge in [0.1, 0.15) is 0 Å². The number of aromatic nitrogens is 2. The van der Waals surface area contributed by atoms with Crippen LogP contribution in [0.4, 0.5) is 24.8 Å². The normalized spacial score (nSPS) is 15.0. The molecular formula is C17H17F3N4O2. The number of hydrogen-bond donors (Lipinski definition) is 1. The van der Waals surface area contributed by atoms with Crippen LogP contribution in [0.15, 0.2) is 36.7 Å². The molecule has 1 amide bonds. The fourth-order valence-corrected chi connectivity index (χ4v) is 2.56. The number of alkyl halides is 3. The Kier molecular flexibility index (Phi) is 5.36. The molecule has 0 bridgehead atoms. The number of halogens is 3. The third-order valence-electron chi connectivity index (χ3n) is 3.83. The number of amides is 1. The Hall–Kier alpha value is -2.68. The summed E-state index contributed by atoms with van der Waals surface area (Å²) in [6.07, 6.45) is -1.66. The summed E-state index contributed by atoms with van der Waals surface area (Å²) in [4.78, 5) is 22.4. The quantitative estimate of drug-likeness (QED) is 0.901. The minimum Gasteiger partial charge on any atom is -0.378 e. The van der Waals surface area contributed by atoms with Crippen molar-refractivity contribution < 1.29 is 22.7 Å². The molecule has 1 aliphatic heterocycles. The lowest BCUT2D eigenvalue weighted by molar-refractivity contribution is -0.137. The molecule has 0 saturated carbocycles. The number of morpholine rings is 1. The summed E-state index contributed by atoms with van der Waals surface area (Å²) >= 11 is 0. The molecule has 6 nitrogen and oxygen atoms in total. The van der Waals surface area contributed by atoms with Gasteiger partial charge in [0.25, 0.3) is 0 Å². The predicted octanol–water partition coefficient (Wildman–Crippen LogP) is 2.51. The fourth-order valence-electron chi connectivity index (χ4n) is 2.56. The van der Waals surface area contributed by atoms with Crippen LogP contribution in [0.3, 0.4) is 0 Å². The van der Waals surface area contributed by atoms with Crippen molar-refractivity contribution in [1.82, 2.24) is 9.97 Å². The molecule has 2 heterocycles. The molecule has 0 aliphatic carbocycles. The molecule has 1 aliphatic rings. The van der Waals surface area contributed by atoms with Crippen molar-refractivity contribution in [2.75, 3.05) is 36.5 Å². The van der Waals surface area contributed by atoms with E-state index in [2.05, 4.69) is 15.3 Å². The standard InChI is InChI=1S/C17H17F3N4O2/c18-17(19,20)13-3-1-2-12(8-13)9-15(25)23-14-10-21-16(22-11-14)24-4-6-26-7-5-24/h1-3,8,10-11H,4-7,9H2,(H,23,25). The van der Waals surface area contributed by atoms with Crippen LogP contribution in [-0.2, 0) is 22.1 Å². The number of carbonyl (C=O) groups is 1. The lowest BCUT2D eigenvalue weighted by Gasteiger charge is -2.26. The van der Waals surface area contributed by atoms with Gasteiger partial charge in [-0.05, 0) is 11.6 Å². The Morgan fingerprint density at radius 1 is 1.19 bits per heavy atom. The summed E-state index contributed by atoms with van der Waals surface area (Å²) < 4.78 is 43.4. The number of hydrogen-bond acceptors (Lipinski definition) is 5. The van der Waals surface area contributed by atoms with Crippen molar-refractivity contribution in [3.05, 3.63) is 47.8 Å². The van der Waals surface area contributed by atoms with Crippen LogP contribution >= 0.6 is 0 Å². The lowest BCUT2D eigenvalue weighted by Crippen LogP contribution is -2.37. The van der Waals surface area contributed by atoms with E-state index < -0.39 is 17.6 Å². The van der Waals surface area contributed by atoms with E-state index in [0.29, 0.717) is 37.9 Å². The average molecular weight is 366 g/mol. The second-order valence-electron chi connectivity index (χ2n) is 5.79. The third-order valence-corrected chi connectivity index (χ3v) is 3.83. The summed E-state index contributed by atoms with van der Waals surface area (Å²) in [5.74, 6) is 0.108. The van der Waals surface area contributed by atoms with Gasteiger partial charge in [-0.15, -0.1) is 0 Å². The molecule has 1 aromatic heterocycles. The molecule has 0 atom stereocenters. The van der Waals surface area contributed by atoms with Gasteiger partial charge in [0.2, 0.25) is 11.9 Å². The number of anilines is 2. The molecule has 3 rings (SSSR count). The van der Waals surface area contributed by atoms with E-state index in [4.69, 9.17) is 4.74 Å². The Morgan fingerprint density at radius 2 is 1.88 bits per heavy atom. The molecule has 0 unspecified atom stereocenters. The zero-order valence-electron chi connectivity index (χ0n) is 13.8. The Bertz CT molecular complexity index is 759. The zero-order chi connectivity index (χ0) is 18.6. The molecule has 138 valence electrons. The molecule has 26 heavy (non-hydrogen) atoms. The second-order valence-corrected chi connectivity index (χ2v) is 5.79. The van der Waals surface area contributed by atoms with Crippen molar-refractivity contribution in [2.45, 2.75) is 12.6 Å². The number of carbonyl (C=O) groups excluding carboxylic acids is 1. The van der Waals surface area contributed by atoms with E-state index in [1.807, 2.05) is 4.90 Å². The molecule has 9 heteroatoms. The smallest absolute Gasteiger partial charge is 0.378 e. The SMILES string of the molecule is O=C(Cc1cccc(C(F)(F)F)c1)Nc1cnc(N2CCOCC2)nc1. The number of benzene rings is 1. The monoisotopic (exact) mass is 366 g/mol. The first-order valence-electron chi connectivity index (χ1n) is 8.02. The molecule has 1 fully saturated rings. The minimum absolute atomic E-state index is 0.171. The summed E-state index contributed by atoms with van der Waals surface area (Å²) in [5, 5.41) is 2.59. The van der Waals surface area contributed by atoms with Gasteiger partial charge in [-0.2, -0.15) is 13.2 Å². The largest absolute Gasteiger partial charge is 0.416 e. The zero-order valence-corrected chi connectivity index (χ0v) is 13.8. The van der Waals surface area contributed by atoms with E-state index in [1.165, 1.54) is 24.5 Å². The highest BCUT2D eigenvalue weighted by Gasteiger charge is 2.30. The third kappa shape index (κ3) is 4.69. The Labute approximate surface area is 148 Å². The van der Waals surface area contributed by atoms with Crippen molar-refractivity contribution in [1.29, 1.82) is 0 Å². The van der Waals surface area contributed by atoms with E-state index in [-0.39, 0.29) is 12.0 Å². The maximum absolute atomic E-state index is 12.7. The second kappa shape index (κ2) is 7.69. The number of rotatable bonds is 4. The highest BCUT2D eigenvalue weighted by molar-refractivity contribution is 5.92. The topological polar surface area (TPSA) is 67.4 Å². The molecular weight excluding hydrogens is 349 g/mol. The van der Waals surface area contributed by atoms with Gasteiger partial charge in [-0.3, -0.25) is 4.79 Å². The maximum Gasteiger partial charge on any atom is 0.416 e. The van der Waals surface area contributed by atoms with Gasteiger partial charge < -0.3 is 15.0 Å². The summed E-state index contributed by atoms with van der Waals surface area (Å²) in [7, 11) is 0. The van der Waals surface area contributed by atoms with Gasteiger partial charge in [0.05, 0.1) is 43.3 Å². The molecule has 1 saturated heterocycles. The molecule has 1 N–H and O–H groups in total. The molecule has 1 aromatic carbocycles. The van der Waals surface area contributed by atoms with Crippen LogP contribution in [0.25, 0.3) is 0 Å². The van der Waals surface area contributed by atoms with Gasteiger partial charge >= 0.3 is 6.18 Å². The highest BCUT2D eigenvalue weighted by Crippen LogP contribution is 2.29. The molecule has 0 spiro atoms. The molecule has 2 aromatic rings.